The van der Waals surface area contributed by atoms with Gasteiger partial charge in [-0.05, 0) is 32.1 Å². The van der Waals surface area contributed by atoms with Crippen LogP contribution >= 0.6 is 0 Å². The Balaban J connectivity index is 2.34. The normalized spacial score (nSPS) is 28.5. The highest BCUT2D eigenvalue weighted by molar-refractivity contribution is 5.85. The van der Waals surface area contributed by atoms with Crippen LogP contribution in [0.3, 0.4) is 0 Å². The van der Waals surface area contributed by atoms with Crippen LogP contribution in [0, 0.1) is 11.8 Å². The minimum atomic E-state index is -0.144. The van der Waals surface area contributed by atoms with E-state index in [1.54, 1.807) is 0 Å². The number of nitrogens with one attached hydrogen (secondary N) is 2. The molecule has 0 radical (unpaired) electrons. The topological polar surface area (TPSA) is 84.2 Å². The summed E-state index contributed by atoms with van der Waals surface area (Å²) in [6, 6.07) is 0.110. The maximum Gasteiger partial charge on any atom is 0.239 e. The van der Waals surface area contributed by atoms with E-state index in [0.717, 1.165) is 19.3 Å². The SMILES string of the molecule is CCNC(=O)CNC(=O)C1CC(C)CC(N)C1. The molecule has 5 heteroatoms. The minimum Gasteiger partial charge on any atom is -0.355 e. The number of hydrogen-bond acceptors (Lipinski definition) is 3. The molecular weight excluding hydrogens is 218 g/mol. The first-order chi connectivity index (χ1) is 8.02. The summed E-state index contributed by atoms with van der Waals surface area (Å²) in [6.45, 7) is 4.61. The average Bonchev–Trinajstić information content (AvgIpc) is 2.25. The van der Waals surface area contributed by atoms with E-state index in [9.17, 15) is 9.59 Å². The first-order valence-corrected chi connectivity index (χ1v) is 6.32. The van der Waals surface area contributed by atoms with Gasteiger partial charge in [-0.25, -0.2) is 0 Å². The lowest BCUT2D eigenvalue weighted by Crippen LogP contribution is -2.43. The van der Waals surface area contributed by atoms with Crippen LogP contribution in [-0.2, 0) is 9.59 Å². The molecule has 1 aliphatic rings. The molecule has 0 saturated heterocycles. The molecule has 3 unspecified atom stereocenters. The van der Waals surface area contributed by atoms with E-state index in [1.165, 1.54) is 0 Å². The lowest BCUT2D eigenvalue weighted by Gasteiger charge is -2.30. The molecule has 3 atom stereocenters. The van der Waals surface area contributed by atoms with Gasteiger partial charge in [0.1, 0.15) is 0 Å². The molecule has 1 fully saturated rings. The van der Waals surface area contributed by atoms with Crippen molar-refractivity contribution in [2.45, 2.75) is 39.2 Å². The number of nitrogens with two attached hydrogens (primary N) is 1. The monoisotopic (exact) mass is 241 g/mol. The Kier molecular flexibility index (Phi) is 5.41. The van der Waals surface area contributed by atoms with Crippen LogP contribution < -0.4 is 16.4 Å². The zero-order valence-corrected chi connectivity index (χ0v) is 10.7. The molecule has 1 aliphatic carbocycles. The third-order valence-corrected chi connectivity index (χ3v) is 3.15. The fourth-order valence-corrected chi connectivity index (χ4v) is 2.44. The van der Waals surface area contributed by atoms with E-state index in [-0.39, 0.29) is 30.3 Å². The van der Waals surface area contributed by atoms with Crippen LogP contribution in [0.2, 0.25) is 0 Å². The fraction of sp³-hybridized carbons (Fsp3) is 0.833. The van der Waals surface area contributed by atoms with Gasteiger partial charge in [0, 0.05) is 18.5 Å². The molecule has 2 amide bonds. The second kappa shape index (κ2) is 6.59. The number of rotatable bonds is 4. The molecule has 17 heavy (non-hydrogen) atoms. The Morgan fingerprint density at radius 1 is 1.24 bits per heavy atom. The van der Waals surface area contributed by atoms with Crippen molar-refractivity contribution in [3.8, 4) is 0 Å². The Labute approximate surface area is 103 Å². The third-order valence-electron chi connectivity index (χ3n) is 3.15. The summed E-state index contributed by atoms with van der Waals surface area (Å²) in [4.78, 5) is 23.1. The molecule has 1 saturated carbocycles. The van der Waals surface area contributed by atoms with Crippen molar-refractivity contribution in [2.75, 3.05) is 13.1 Å². The van der Waals surface area contributed by atoms with Gasteiger partial charge in [-0.3, -0.25) is 9.59 Å². The molecular formula is C12H23N3O2. The second-order valence-electron chi connectivity index (χ2n) is 4.94. The zero-order valence-electron chi connectivity index (χ0n) is 10.7. The van der Waals surface area contributed by atoms with Crippen LogP contribution in [-0.4, -0.2) is 30.9 Å². The van der Waals surface area contributed by atoms with Gasteiger partial charge in [0.2, 0.25) is 11.8 Å². The second-order valence-corrected chi connectivity index (χ2v) is 4.94. The van der Waals surface area contributed by atoms with E-state index >= 15 is 0 Å². The quantitative estimate of drug-likeness (QED) is 0.648. The predicted molar refractivity (Wildman–Crippen MR) is 66.2 cm³/mol. The first-order valence-electron chi connectivity index (χ1n) is 6.32. The number of amides is 2. The van der Waals surface area contributed by atoms with Crippen LogP contribution in [0.4, 0.5) is 0 Å². The molecule has 5 nitrogen and oxygen atoms in total. The smallest absolute Gasteiger partial charge is 0.239 e. The zero-order chi connectivity index (χ0) is 12.8. The Morgan fingerprint density at radius 3 is 2.53 bits per heavy atom. The standard InChI is InChI=1S/C12H23N3O2/c1-3-14-11(16)7-15-12(17)9-4-8(2)5-10(13)6-9/h8-10H,3-7,13H2,1-2H3,(H,14,16)(H,15,17). The summed E-state index contributed by atoms with van der Waals surface area (Å²) in [7, 11) is 0. The molecule has 0 aromatic heterocycles. The molecule has 1 rings (SSSR count). The van der Waals surface area contributed by atoms with Crippen molar-refractivity contribution in [1.82, 2.24) is 10.6 Å². The summed E-state index contributed by atoms with van der Waals surface area (Å²) in [6.07, 6.45) is 2.58. The van der Waals surface area contributed by atoms with Crippen LogP contribution in [0.25, 0.3) is 0 Å². The summed E-state index contributed by atoms with van der Waals surface area (Å²) < 4.78 is 0. The Bertz CT molecular complexity index is 271. The first kappa shape index (κ1) is 14.0. The largest absolute Gasteiger partial charge is 0.355 e. The van der Waals surface area contributed by atoms with Crippen molar-refractivity contribution >= 4 is 11.8 Å². The summed E-state index contributed by atoms with van der Waals surface area (Å²) in [5.41, 5.74) is 5.90. The average molecular weight is 241 g/mol. The van der Waals surface area contributed by atoms with Gasteiger partial charge < -0.3 is 16.4 Å². The highest BCUT2D eigenvalue weighted by Gasteiger charge is 2.29. The fourth-order valence-electron chi connectivity index (χ4n) is 2.44. The van der Waals surface area contributed by atoms with E-state index in [0.29, 0.717) is 12.5 Å². The van der Waals surface area contributed by atoms with Gasteiger partial charge in [-0.15, -0.1) is 0 Å². The summed E-state index contributed by atoms with van der Waals surface area (Å²) in [5.74, 6) is 0.259. The van der Waals surface area contributed by atoms with Crippen LogP contribution in [0.15, 0.2) is 0 Å². The van der Waals surface area contributed by atoms with Gasteiger partial charge in [0.05, 0.1) is 6.54 Å². The Morgan fingerprint density at radius 2 is 1.94 bits per heavy atom. The predicted octanol–water partition coefficient (Wildman–Crippen LogP) is 0.00220. The minimum absolute atomic E-state index is 0.0387. The van der Waals surface area contributed by atoms with Crippen molar-refractivity contribution in [3.05, 3.63) is 0 Å². The number of hydrogen-bond donors (Lipinski definition) is 3. The van der Waals surface area contributed by atoms with Gasteiger partial charge in [0.25, 0.3) is 0 Å². The number of carbonyl (C=O) groups is 2. The molecule has 0 bridgehead atoms. The molecule has 0 heterocycles. The molecule has 0 aliphatic heterocycles. The van der Waals surface area contributed by atoms with Crippen molar-refractivity contribution in [1.29, 1.82) is 0 Å². The van der Waals surface area contributed by atoms with Crippen molar-refractivity contribution in [3.63, 3.8) is 0 Å². The Hall–Kier alpha value is -1.10. The van der Waals surface area contributed by atoms with Crippen molar-refractivity contribution in [2.24, 2.45) is 17.6 Å². The van der Waals surface area contributed by atoms with Crippen LogP contribution in [0.5, 0.6) is 0 Å². The lowest BCUT2D eigenvalue weighted by molar-refractivity contribution is -0.129. The maximum atomic E-state index is 11.9. The molecule has 4 N–H and O–H groups in total. The number of carbonyl (C=O) groups excluding carboxylic acids is 2. The van der Waals surface area contributed by atoms with Gasteiger partial charge in [-0.2, -0.15) is 0 Å². The van der Waals surface area contributed by atoms with E-state index in [2.05, 4.69) is 17.6 Å². The highest BCUT2D eigenvalue weighted by atomic mass is 16.2. The van der Waals surface area contributed by atoms with E-state index in [4.69, 9.17) is 5.73 Å². The van der Waals surface area contributed by atoms with Crippen molar-refractivity contribution < 1.29 is 9.59 Å². The number of likely N-dealkylation sites (N-methyl/N-ethyl adjacent to an activating group) is 1. The lowest BCUT2D eigenvalue weighted by atomic mass is 9.79. The van der Waals surface area contributed by atoms with Gasteiger partial charge in [0.15, 0.2) is 0 Å². The van der Waals surface area contributed by atoms with E-state index in [1.807, 2.05) is 6.92 Å². The maximum absolute atomic E-state index is 11.9. The summed E-state index contributed by atoms with van der Waals surface area (Å²) >= 11 is 0. The van der Waals surface area contributed by atoms with E-state index < -0.39 is 0 Å². The molecule has 98 valence electrons. The van der Waals surface area contributed by atoms with Gasteiger partial charge in [-0.1, -0.05) is 6.92 Å². The third kappa shape index (κ3) is 4.73. The van der Waals surface area contributed by atoms with Gasteiger partial charge >= 0.3 is 0 Å². The summed E-state index contributed by atoms with van der Waals surface area (Å²) in [5, 5.41) is 5.31. The van der Waals surface area contributed by atoms with Crippen LogP contribution in [0.1, 0.15) is 33.1 Å². The highest BCUT2D eigenvalue weighted by Crippen LogP contribution is 2.27. The molecule has 0 aromatic rings. The molecule has 0 aromatic carbocycles. The molecule has 0 spiro atoms.